The summed E-state index contributed by atoms with van der Waals surface area (Å²) in [7, 11) is 0. The summed E-state index contributed by atoms with van der Waals surface area (Å²) >= 11 is 1.64. The molecule has 4 heterocycles. The van der Waals surface area contributed by atoms with Crippen LogP contribution in [-0.2, 0) is 17.6 Å². The van der Waals surface area contributed by atoms with Gasteiger partial charge in [-0.1, -0.05) is 6.92 Å². The Hall–Kier alpha value is -3.73. The molecule has 1 aromatic carbocycles. The Morgan fingerprint density at radius 1 is 1.28 bits per heavy atom. The first-order chi connectivity index (χ1) is 17.5. The number of fused-ring (bicyclic) bond motifs is 4. The maximum Gasteiger partial charge on any atom is 0.407 e. The van der Waals surface area contributed by atoms with Gasteiger partial charge in [0.1, 0.15) is 17.0 Å². The summed E-state index contributed by atoms with van der Waals surface area (Å²) in [5.74, 6) is 0.826. The molecule has 6 rings (SSSR count). The minimum Gasteiger partial charge on any atom is -0.465 e. The number of nitrogens with zero attached hydrogens (tertiary/aromatic N) is 5. The lowest BCUT2D eigenvalue weighted by molar-refractivity contribution is -0.138. The van der Waals surface area contributed by atoms with Crippen LogP contribution in [0.5, 0.6) is 0 Å². The number of aryl methyl sites for hydroxylation is 1. The molecule has 2 amide bonds. The third kappa shape index (κ3) is 3.93. The molecule has 3 aromatic heterocycles. The van der Waals surface area contributed by atoms with E-state index in [0.29, 0.717) is 32.5 Å². The summed E-state index contributed by atoms with van der Waals surface area (Å²) in [5, 5.41) is 22.0. The Balaban J connectivity index is 1.22. The molecule has 3 N–H and O–H groups in total. The van der Waals surface area contributed by atoms with Crippen LogP contribution in [-0.4, -0.2) is 72.7 Å². The molecular weight excluding hydrogens is 478 g/mol. The van der Waals surface area contributed by atoms with E-state index in [1.807, 2.05) is 30.0 Å². The van der Waals surface area contributed by atoms with Gasteiger partial charge in [-0.25, -0.2) is 14.8 Å². The molecule has 4 aromatic rings. The average Bonchev–Trinajstić information content (AvgIpc) is 3.51. The smallest absolute Gasteiger partial charge is 0.407 e. The van der Waals surface area contributed by atoms with E-state index < -0.39 is 6.09 Å². The monoisotopic (exact) mass is 505 g/mol. The fourth-order valence-electron chi connectivity index (χ4n) is 5.49. The molecule has 0 radical (unpaired) electrons. The number of amides is 2. The number of carboxylic acid groups (broad SMARTS) is 1. The summed E-state index contributed by atoms with van der Waals surface area (Å²) in [6.07, 6.45) is 5.41. The Morgan fingerprint density at radius 3 is 3.00 bits per heavy atom. The lowest BCUT2D eigenvalue weighted by atomic mass is 9.86. The third-order valence-electron chi connectivity index (χ3n) is 7.41. The Kier molecular flexibility index (Phi) is 5.71. The number of carbonyl (C=O) groups is 2. The van der Waals surface area contributed by atoms with Crippen molar-refractivity contribution in [3.05, 3.63) is 41.2 Å². The molecule has 1 aliphatic heterocycles. The molecule has 36 heavy (non-hydrogen) atoms. The topological polar surface area (TPSA) is 127 Å². The number of H-pyrrole nitrogens is 1. The number of hydrogen-bond donors (Lipinski definition) is 3. The third-order valence-corrected chi connectivity index (χ3v) is 8.57. The number of carbonyl (C=O) groups excluding carboxylic acids is 1. The lowest BCUT2D eigenvalue weighted by Crippen LogP contribution is -2.57. The SMILES string of the molecule is CCC1CN(C(=O)C2CCc3c(sc4ncnc(Nc5ccc6[nH]ncc6c5)c34)C2)CCN1C(=O)O. The van der Waals surface area contributed by atoms with Crippen LogP contribution in [0.15, 0.2) is 30.7 Å². The molecule has 0 bridgehead atoms. The van der Waals surface area contributed by atoms with Crippen LogP contribution in [0.4, 0.5) is 16.3 Å². The Morgan fingerprint density at radius 2 is 2.17 bits per heavy atom. The van der Waals surface area contributed by atoms with E-state index in [4.69, 9.17) is 0 Å². The van der Waals surface area contributed by atoms with Crippen molar-refractivity contribution in [1.82, 2.24) is 30.0 Å². The zero-order chi connectivity index (χ0) is 24.8. The zero-order valence-electron chi connectivity index (χ0n) is 19.9. The number of aromatic amines is 1. The molecule has 0 spiro atoms. The molecular formula is C25H27N7O3S. The van der Waals surface area contributed by atoms with Gasteiger partial charge in [-0.2, -0.15) is 5.10 Å². The van der Waals surface area contributed by atoms with Crippen LogP contribution in [0.1, 0.15) is 30.2 Å². The largest absolute Gasteiger partial charge is 0.465 e. The maximum absolute atomic E-state index is 13.4. The fourth-order valence-corrected chi connectivity index (χ4v) is 6.75. The normalized spacial score (nSPS) is 20.0. The van der Waals surface area contributed by atoms with E-state index in [-0.39, 0.29) is 17.9 Å². The number of hydrogen-bond acceptors (Lipinski definition) is 7. The van der Waals surface area contributed by atoms with Gasteiger partial charge in [0.05, 0.1) is 23.1 Å². The molecule has 1 fully saturated rings. The number of thiophene rings is 1. The van der Waals surface area contributed by atoms with Gasteiger partial charge in [-0.3, -0.25) is 9.89 Å². The van der Waals surface area contributed by atoms with Crippen LogP contribution in [0.3, 0.4) is 0 Å². The van der Waals surface area contributed by atoms with Crippen LogP contribution in [0, 0.1) is 5.92 Å². The van der Waals surface area contributed by atoms with Gasteiger partial charge in [0.15, 0.2) is 0 Å². The first-order valence-electron chi connectivity index (χ1n) is 12.3. The number of rotatable bonds is 4. The fraction of sp³-hybridized carbons (Fsp3) is 0.400. The standard InChI is InChI=1S/C25H27N7O3S/c1-2-17-12-31(7-8-32(17)25(34)35)24(33)14-3-5-18-20(10-14)36-23-21(18)22(26-13-27-23)29-16-4-6-19-15(9-16)11-28-30-19/h4,6,9,11,13-14,17H,2-3,5,7-8,10,12H2,1H3,(H,28,30)(H,34,35)(H,26,27,29). The Bertz CT molecular complexity index is 1460. The molecule has 186 valence electrons. The highest BCUT2D eigenvalue weighted by atomic mass is 32.1. The number of aromatic nitrogens is 4. The van der Waals surface area contributed by atoms with Crippen molar-refractivity contribution in [3.8, 4) is 0 Å². The van der Waals surface area contributed by atoms with Gasteiger partial charge in [0, 0.05) is 41.5 Å². The number of anilines is 2. The maximum atomic E-state index is 13.4. The van der Waals surface area contributed by atoms with Crippen LogP contribution in [0.2, 0.25) is 0 Å². The highest BCUT2D eigenvalue weighted by molar-refractivity contribution is 7.19. The van der Waals surface area contributed by atoms with Crippen molar-refractivity contribution in [2.45, 2.75) is 38.6 Å². The van der Waals surface area contributed by atoms with Crippen molar-refractivity contribution in [3.63, 3.8) is 0 Å². The van der Waals surface area contributed by atoms with Crippen molar-refractivity contribution >= 4 is 56.0 Å². The molecule has 0 saturated carbocycles. The van der Waals surface area contributed by atoms with Crippen molar-refractivity contribution < 1.29 is 14.7 Å². The quantitative estimate of drug-likeness (QED) is 0.382. The first-order valence-corrected chi connectivity index (χ1v) is 13.1. The van der Waals surface area contributed by atoms with E-state index >= 15 is 0 Å². The van der Waals surface area contributed by atoms with Gasteiger partial charge in [0.25, 0.3) is 0 Å². The van der Waals surface area contributed by atoms with Gasteiger partial charge < -0.3 is 20.2 Å². The van der Waals surface area contributed by atoms with Gasteiger partial charge in [-0.15, -0.1) is 11.3 Å². The van der Waals surface area contributed by atoms with E-state index in [9.17, 15) is 14.7 Å². The lowest BCUT2D eigenvalue weighted by Gasteiger charge is -2.41. The molecule has 11 heteroatoms. The minimum atomic E-state index is -0.906. The molecule has 2 atom stereocenters. The highest BCUT2D eigenvalue weighted by Crippen LogP contribution is 2.41. The molecule has 1 saturated heterocycles. The number of nitrogens with one attached hydrogen (secondary N) is 2. The minimum absolute atomic E-state index is 0.0905. The van der Waals surface area contributed by atoms with Crippen molar-refractivity contribution in [2.75, 3.05) is 25.0 Å². The summed E-state index contributed by atoms with van der Waals surface area (Å²) in [6.45, 7) is 3.27. The second kappa shape index (κ2) is 9.05. The molecule has 2 unspecified atom stereocenters. The highest BCUT2D eigenvalue weighted by Gasteiger charge is 2.36. The predicted octanol–water partition coefficient (Wildman–Crippen LogP) is 4.02. The second-order valence-corrected chi connectivity index (χ2v) is 10.5. The predicted molar refractivity (Wildman–Crippen MR) is 138 cm³/mol. The van der Waals surface area contributed by atoms with Gasteiger partial charge in [0.2, 0.25) is 5.91 Å². The number of benzene rings is 1. The average molecular weight is 506 g/mol. The van der Waals surface area contributed by atoms with E-state index in [1.54, 1.807) is 23.9 Å². The van der Waals surface area contributed by atoms with Crippen molar-refractivity contribution in [1.29, 1.82) is 0 Å². The van der Waals surface area contributed by atoms with Crippen LogP contribution >= 0.6 is 11.3 Å². The van der Waals surface area contributed by atoms with E-state index in [2.05, 4.69) is 25.5 Å². The van der Waals surface area contributed by atoms with Crippen LogP contribution in [0.25, 0.3) is 21.1 Å². The summed E-state index contributed by atoms with van der Waals surface area (Å²) in [5.41, 5.74) is 3.14. The Labute approximate surface area is 211 Å². The van der Waals surface area contributed by atoms with E-state index in [1.165, 1.54) is 15.3 Å². The molecule has 1 aliphatic carbocycles. The van der Waals surface area contributed by atoms with Crippen molar-refractivity contribution in [2.24, 2.45) is 5.92 Å². The van der Waals surface area contributed by atoms with E-state index in [0.717, 1.165) is 45.5 Å². The summed E-state index contributed by atoms with van der Waals surface area (Å²) < 4.78 is 0. The summed E-state index contributed by atoms with van der Waals surface area (Å²) in [6, 6.07) is 5.87. The van der Waals surface area contributed by atoms with Gasteiger partial charge >= 0.3 is 6.09 Å². The zero-order valence-corrected chi connectivity index (χ0v) is 20.7. The summed E-state index contributed by atoms with van der Waals surface area (Å²) in [4.78, 5) is 39.5. The first kappa shape index (κ1) is 22.7. The molecule has 2 aliphatic rings. The van der Waals surface area contributed by atoms with Gasteiger partial charge in [-0.05, 0) is 49.4 Å². The number of piperazine rings is 1. The molecule has 10 nitrogen and oxygen atoms in total. The second-order valence-electron chi connectivity index (χ2n) is 9.47. The van der Waals surface area contributed by atoms with Crippen LogP contribution < -0.4 is 5.32 Å².